The van der Waals surface area contributed by atoms with Crippen LogP contribution in [-0.2, 0) is 4.79 Å². The molecule has 1 aliphatic heterocycles. The molecular formula is C22H23N3O5. The van der Waals surface area contributed by atoms with Gasteiger partial charge in [-0.05, 0) is 42.7 Å². The van der Waals surface area contributed by atoms with Crippen LogP contribution in [0, 0.1) is 0 Å². The number of benzene rings is 1. The summed E-state index contributed by atoms with van der Waals surface area (Å²) < 4.78 is 21.4. The molecule has 1 amide bonds. The van der Waals surface area contributed by atoms with Crippen LogP contribution in [0.25, 0.3) is 17.5 Å². The lowest BCUT2D eigenvalue weighted by atomic mass is 9.97. The van der Waals surface area contributed by atoms with E-state index < -0.39 is 0 Å². The van der Waals surface area contributed by atoms with Crippen molar-refractivity contribution in [1.82, 2.24) is 15.1 Å². The van der Waals surface area contributed by atoms with Gasteiger partial charge >= 0.3 is 0 Å². The van der Waals surface area contributed by atoms with Crippen LogP contribution in [0.3, 0.4) is 0 Å². The molecule has 0 aliphatic carbocycles. The van der Waals surface area contributed by atoms with Crippen molar-refractivity contribution in [2.45, 2.75) is 18.8 Å². The van der Waals surface area contributed by atoms with Gasteiger partial charge in [0.25, 0.3) is 5.89 Å². The van der Waals surface area contributed by atoms with Gasteiger partial charge in [-0.3, -0.25) is 4.79 Å². The van der Waals surface area contributed by atoms with Gasteiger partial charge < -0.3 is 23.2 Å². The largest absolute Gasteiger partial charge is 0.493 e. The molecule has 156 valence electrons. The number of likely N-dealkylation sites (tertiary alicyclic amines) is 1. The Bertz CT molecular complexity index is 1020. The molecule has 0 N–H and O–H groups in total. The molecule has 8 heteroatoms. The summed E-state index contributed by atoms with van der Waals surface area (Å²) >= 11 is 0. The first-order chi connectivity index (χ1) is 14.7. The van der Waals surface area contributed by atoms with Gasteiger partial charge in [0.15, 0.2) is 11.5 Å². The molecule has 1 fully saturated rings. The molecule has 4 rings (SSSR count). The minimum atomic E-state index is -0.0205. The van der Waals surface area contributed by atoms with E-state index in [2.05, 4.69) is 10.2 Å². The van der Waals surface area contributed by atoms with Gasteiger partial charge in [0.1, 0.15) is 6.26 Å². The summed E-state index contributed by atoms with van der Waals surface area (Å²) in [6.45, 7) is 1.28. The number of carbonyl (C=O) groups excluding carboxylic acids is 1. The zero-order valence-electron chi connectivity index (χ0n) is 16.9. The van der Waals surface area contributed by atoms with Crippen molar-refractivity contribution in [3.63, 3.8) is 0 Å². The van der Waals surface area contributed by atoms with Crippen LogP contribution in [0.2, 0.25) is 0 Å². The number of carbonyl (C=O) groups is 1. The highest BCUT2D eigenvalue weighted by molar-refractivity contribution is 5.92. The SMILES string of the molecule is COc1ccc(/C=C/C(=O)N2CCC(c3nnc(-c4ccoc4)o3)CC2)cc1OC. The predicted molar refractivity (Wildman–Crippen MR) is 109 cm³/mol. The van der Waals surface area contributed by atoms with Gasteiger partial charge in [-0.1, -0.05) is 6.07 Å². The summed E-state index contributed by atoms with van der Waals surface area (Å²) in [7, 11) is 3.18. The molecule has 1 aromatic carbocycles. The molecule has 0 bridgehead atoms. The monoisotopic (exact) mass is 409 g/mol. The normalized spacial score (nSPS) is 14.9. The second-order valence-corrected chi connectivity index (χ2v) is 7.00. The standard InChI is InChI=1S/C22H23N3O5/c1-27-18-5-3-15(13-19(18)28-2)4-6-20(26)25-10-7-16(8-11-25)21-23-24-22(30-21)17-9-12-29-14-17/h3-6,9,12-14,16H,7-8,10-11H2,1-2H3/b6-4+. The minimum Gasteiger partial charge on any atom is -0.493 e. The number of amides is 1. The number of hydrogen-bond donors (Lipinski definition) is 0. The van der Waals surface area contributed by atoms with E-state index in [0.29, 0.717) is 36.4 Å². The van der Waals surface area contributed by atoms with Crippen LogP contribution in [0.1, 0.15) is 30.2 Å². The summed E-state index contributed by atoms with van der Waals surface area (Å²) in [5, 5.41) is 8.26. The fourth-order valence-electron chi connectivity index (χ4n) is 3.48. The topological polar surface area (TPSA) is 90.8 Å². The third-order valence-corrected chi connectivity index (χ3v) is 5.19. The van der Waals surface area contributed by atoms with Crippen LogP contribution in [-0.4, -0.2) is 48.3 Å². The molecule has 8 nitrogen and oxygen atoms in total. The summed E-state index contributed by atoms with van der Waals surface area (Å²) in [6, 6.07) is 7.31. The highest BCUT2D eigenvalue weighted by atomic mass is 16.5. The van der Waals surface area contributed by atoms with Crippen molar-refractivity contribution < 1.29 is 23.1 Å². The molecule has 3 heterocycles. The lowest BCUT2D eigenvalue weighted by Gasteiger charge is -2.29. The summed E-state index contributed by atoms with van der Waals surface area (Å²) in [5.74, 6) is 2.47. The number of rotatable bonds is 6. The maximum atomic E-state index is 12.6. The van der Waals surface area contributed by atoms with Crippen molar-refractivity contribution in [2.24, 2.45) is 0 Å². The fraction of sp³-hybridized carbons (Fsp3) is 0.318. The second kappa shape index (κ2) is 8.86. The number of ether oxygens (including phenoxy) is 2. The van der Waals surface area contributed by atoms with Gasteiger partial charge in [0.2, 0.25) is 11.8 Å². The van der Waals surface area contributed by atoms with E-state index in [1.807, 2.05) is 23.1 Å². The average Bonchev–Trinajstić information content (AvgIpc) is 3.49. The maximum absolute atomic E-state index is 12.6. The number of hydrogen-bond acceptors (Lipinski definition) is 7. The molecule has 0 unspecified atom stereocenters. The van der Waals surface area contributed by atoms with Crippen LogP contribution in [0.5, 0.6) is 11.5 Å². The summed E-state index contributed by atoms with van der Waals surface area (Å²) in [5.41, 5.74) is 1.63. The van der Waals surface area contributed by atoms with E-state index in [9.17, 15) is 4.79 Å². The van der Waals surface area contributed by atoms with E-state index in [4.69, 9.17) is 18.3 Å². The lowest BCUT2D eigenvalue weighted by molar-refractivity contribution is -0.127. The third kappa shape index (κ3) is 4.22. The highest BCUT2D eigenvalue weighted by Gasteiger charge is 2.27. The Morgan fingerprint density at radius 2 is 1.93 bits per heavy atom. The maximum Gasteiger partial charge on any atom is 0.250 e. The van der Waals surface area contributed by atoms with Gasteiger partial charge in [0.05, 0.1) is 26.0 Å². The molecule has 0 spiro atoms. The molecule has 0 saturated carbocycles. The van der Waals surface area contributed by atoms with Crippen molar-refractivity contribution in [1.29, 1.82) is 0 Å². The quantitative estimate of drug-likeness (QED) is 0.573. The molecular weight excluding hydrogens is 386 g/mol. The molecule has 1 saturated heterocycles. The van der Waals surface area contributed by atoms with Crippen LogP contribution >= 0.6 is 0 Å². The molecule has 3 aromatic rings. The Hall–Kier alpha value is -3.55. The van der Waals surface area contributed by atoms with Crippen molar-refractivity contribution in [3.8, 4) is 23.0 Å². The Balaban J connectivity index is 1.34. The molecule has 2 aromatic heterocycles. The zero-order valence-corrected chi connectivity index (χ0v) is 16.9. The molecule has 0 atom stereocenters. The number of piperidine rings is 1. The van der Waals surface area contributed by atoms with Gasteiger partial charge in [-0.2, -0.15) is 0 Å². The first-order valence-electron chi connectivity index (χ1n) is 9.73. The molecule has 0 radical (unpaired) electrons. The van der Waals surface area contributed by atoms with Crippen LogP contribution in [0.15, 0.2) is 51.7 Å². The Morgan fingerprint density at radius 1 is 1.13 bits per heavy atom. The minimum absolute atomic E-state index is 0.0205. The number of aromatic nitrogens is 2. The van der Waals surface area contributed by atoms with Crippen LogP contribution in [0.4, 0.5) is 0 Å². The van der Waals surface area contributed by atoms with Crippen LogP contribution < -0.4 is 9.47 Å². The Morgan fingerprint density at radius 3 is 2.63 bits per heavy atom. The van der Waals surface area contributed by atoms with E-state index in [0.717, 1.165) is 24.0 Å². The smallest absolute Gasteiger partial charge is 0.250 e. The molecule has 1 aliphatic rings. The van der Waals surface area contributed by atoms with Gasteiger partial charge in [-0.25, -0.2) is 0 Å². The number of furan rings is 1. The van der Waals surface area contributed by atoms with E-state index >= 15 is 0 Å². The summed E-state index contributed by atoms with van der Waals surface area (Å²) in [6.07, 6.45) is 8.07. The third-order valence-electron chi connectivity index (χ3n) is 5.19. The van der Waals surface area contributed by atoms with Crippen molar-refractivity contribution >= 4 is 12.0 Å². The Labute approximate surface area is 174 Å². The Kier molecular flexibility index (Phi) is 5.83. The first kappa shape index (κ1) is 19.8. The fourth-order valence-corrected chi connectivity index (χ4v) is 3.48. The second-order valence-electron chi connectivity index (χ2n) is 7.00. The van der Waals surface area contributed by atoms with Gasteiger partial charge in [0, 0.05) is 25.1 Å². The number of methoxy groups -OCH3 is 2. The van der Waals surface area contributed by atoms with E-state index in [1.165, 1.54) is 0 Å². The van der Waals surface area contributed by atoms with Crippen molar-refractivity contribution in [2.75, 3.05) is 27.3 Å². The summed E-state index contributed by atoms with van der Waals surface area (Å²) in [4.78, 5) is 14.4. The average molecular weight is 409 g/mol. The predicted octanol–water partition coefficient (Wildman–Crippen LogP) is 3.77. The highest BCUT2D eigenvalue weighted by Crippen LogP contribution is 2.30. The van der Waals surface area contributed by atoms with Gasteiger partial charge in [-0.15, -0.1) is 10.2 Å². The lowest BCUT2D eigenvalue weighted by Crippen LogP contribution is -2.36. The van der Waals surface area contributed by atoms with E-state index in [1.54, 1.807) is 45.0 Å². The first-order valence-corrected chi connectivity index (χ1v) is 9.73. The van der Waals surface area contributed by atoms with Crippen molar-refractivity contribution in [3.05, 3.63) is 54.3 Å². The molecule has 30 heavy (non-hydrogen) atoms. The zero-order chi connectivity index (χ0) is 20.9. The van der Waals surface area contributed by atoms with E-state index in [-0.39, 0.29) is 11.8 Å². The number of nitrogens with zero attached hydrogens (tertiary/aromatic N) is 3.